The quantitative estimate of drug-likeness (QED) is 0.336. The summed E-state index contributed by atoms with van der Waals surface area (Å²) in [4.78, 5) is 9.42. The average molecular weight is 502 g/mol. The van der Waals surface area contributed by atoms with Gasteiger partial charge >= 0.3 is 0 Å². The molecule has 0 bridgehead atoms. The Labute approximate surface area is 186 Å². The van der Waals surface area contributed by atoms with Crippen LogP contribution >= 0.6 is 24.0 Å². The molecule has 158 valence electrons. The zero-order chi connectivity index (χ0) is 19.3. The maximum absolute atomic E-state index is 10.4. The molecule has 1 saturated heterocycles. The number of hydrogen-bond donors (Lipinski definition) is 3. The van der Waals surface area contributed by atoms with Gasteiger partial charge in [-0.25, -0.2) is 0 Å². The van der Waals surface area contributed by atoms with Crippen molar-refractivity contribution in [1.29, 1.82) is 0 Å². The number of nitrogens with one attached hydrogen (secondary N) is 1. The Morgan fingerprint density at radius 2 is 1.93 bits per heavy atom. The third-order valence-electron chi connectivity index (χ3n) is 6.01. The first-order chi connectivity index (χ1) is 13.0. The van der Waals surface area contributed by atoms with Crippen molar-refractivity contribution in [1.82, 2.24) is 10.2 Å². The fourth-order valence-corrected chi connectivity index (χ4v) is 4.14. The van der Waals surface area contributed by atoms with Gasteiger partial charge in [0, 0.05) is 38.1 Å². The highest BCUT2D eigenvalue weighted by Crippen LogP contribution is 2.36. The maximum Gasteiger partial charge on any atom is 0.194 e. The molecule has 0 radical (unpaired) electrons. The van der Waals surface area contributed by atoms with Crippen LogP contribution in [-0.2, 0) is 0 Å². The molecule has 3 rings (SSSR count). The van der Waals surface area contributed by atoms with Gasteiger partial charge in [0.1, 0.15) is 5.75 Å². The molecule has 0 aromatic heterocycles. The third-order valence-corrected chi connectivity index (χ3v) is 6.01. The van der Waals surface area contributed by atoms with Gasteiger partial charge in [0.05, 0.1) is 18.3 Å². The summed E-state index contributed by atoms with van der Waals surface area (Å²) in [5, 5.41) is 23.9. The van der Waals surface area contributed by atoms with Crippen LogP contribution in [0.15, 0.2) is 29.3 Å². The van der Waals surface area contributed by atoms with Crippen LogP contribution in [0.3, 0.4) is 0 Å². The summed E-state index contributed by atoms with van der Waals surface area (Å²) in [7, 11) is 0. The summed E-state index contributed by atoms with van der Waals surface area (Å²) >= 11 is 0. The van der Waals surface area contributed by atoms with Gasteiger partial charge in [0.25, 0.3) is 0 Å². The number of nitrogens with zero attached hydrogens (tertiary/aromatic N) is 3. The minimum Gasteiger partial charge on any atom is -0.506 e. The summed E-state index contributed by atoms with van der Waals surface area (Å²) in [5.74, 6) is 1.28. The number of aliphatic hydroxyl groups excluding tert-OH is 1. The van der Waals surface area contributed by atoms with E-state index in [0.717, 1.165) is 63.6 Å². The van der Waals surface area contributed by atoms with Crippen LogP contribution in [0.2, 0.25) is 0 Å². The standard InChI is InChI=1S/C21H34N4O2.HI/c1-3-22-20(23-16-21(2)11-7-6-10-19(21)27)25-14-12-24(13-15-25)17-8-4-5-9-18(17)26;/h4-5,8-9,19,26-27H,3,6-7,10-16H2,1-2H3,(H,22,23);1H. The van der Waals surface area contributed by atoms with E-state index in [9.17, 15) is 10.2 Å². The highest BCUT2D eigenvalue weighted by Gasteiger charge is 2.35. The molecule has 6 nitrogen and oxygen atoms in total. The van der Waals surface area contributed by atoms with Crippen molar-refractivity contribution < 1.29 is 10.2 Å². The predicted molar refractivity (Wildman–Crippen MR) is 126 cm³/mol. The molecule has 0 amide bonds. The average Bonchev–Trinajstić information content (AvgIpc) is 2.68. The SMILES string of the molecule is CCNC(=NCC1(C)CCCCC1O)N1CCN(c2ccccc2O)CC1.I. The van der Waals surface area contributed by atoms with Crippen molar-refractivity contribution in [3.8, 4) is 5.75 Å². The fourth-order valence-electron chi connectivity index (χ4n) is 4.14. The second-order valence-electron chi connectivity index (χ2n) is 8.05. The monoisotopic (exact) mass is 502 g/mol. The number of halogens is 1. The van der Waals surface area contributed by atoms with Crippen molar-refractivity contribution in [3.63, 3.8) is 0 Å². The van der Waals surface area contributed by atoms with Crippen molar-refractivity contribution in [2.75, 3.05) is 44.2 Å². The number of guanidine groups is 1. The van der Waals surface area contributed by atoms with Gasteiger partial charge in [-0.2, -0.15) is 0 Å². The van der Waals surface area contributed by atoms with Gasteiger partial charge in [0.2, 0.25) is 0 Å². The zero-order valence-corrected chi connectivity index (χ0v) is 19.4. The first-order valence-corrected chi connectivity index (χ1v) is 10.3. The Kier molecular flexibility index (Phi) is 8.67. The Balaban J connectivity index is 0.00000280. The van der Waals surface area contributed by atoms with Gasteiger partial charge < -0.3 is 25.3 Å². The fraction of sp³-hybridized carbons (Fsp3) is 0.667. The molecular formula is C21H35IN4O2. The van der Waals surface area contributed by atoms with Crippen molar-refractivity contribution in [3.05, 3.63) is 24.3 Å². The minimum atomic E-state index is -0.254. The highest BCUT2D eigenvalue weighted by atomic mass is 127. The van der Waals surface area contributed by atoms with E-state index in [1.807, 2.05) is 18.2 Å². The molecule has 2 aliphatic rings. The molecule has 1 aliphatic carbocycles. The number of benzene rings is 1. The van der Waals surface area contributed by atoms with Gasteiger partial charge in [-0.15, -0.1) is 24.0 Å². The lowest BCUT2D eigenvalue weighted by Gasteiger charge is -2.39. The van der Waals surface area contributed by atoms with Crippen LogP contribution < -0.4 is 10.2 Å². The van der Waals surface area contributed by atoms with E-state index < -0.39 is 0 Å². The number of aliphatic imine (C=N–C) groups is 1. The Morgan fingerprint density at radius 3 is 2.57 bits per heavy atom. The van der Waals surface area contributed by atoms with Crippen LogP contribution in [0.1, 0.15) is 39.5 Å². The summed E-state index contributed by atoms with van der Waals surface area (Å²) in [6.07, 6.45) is 3.98. The minimum absolute atomic E-state index is 0. The van der Waals surface area contributed by atoms with Gasteiger partial charge in [-0.1, -0.05) is 31.9 Å². The number of piperazine rings is 1. The molecule has 2 unspecified atom stereocenters. The molecule has 2 atom stereocenters. The topological polar surface area (TPSA) is 71.3 Å². The molecule has 1 aromatic carbocycles. The Bertz CT molecular complexity index is 649. The lowest BCUT2D eigenvalue weighted by Crippen LogP contribution is -2.53. The number of phenols is 1. The van der Waals surface area contributed by atoms with E-state index in [0.29, 0.717) is 12.3 Å². The molecular weight excluding hydrogens is 467 g/mol. The van der Waals surface area contributed by atoms with Crippen LogP contribution in [-0.4, -0.2) is 66.4 Å². The molecule has 1 aliphatic heterocycles. The zero-order valence-electron chi connectivity index (χ0n) is 17.1. The molecule has 28 heavy (non-hydrogen) atoms. The Morgan fingerprint density at radius 1 is 1.21 bits per heavy atom. The van der Waals surface area contributed by atoms with Crippen molar-refractivity contribution in [2.45, 2.75) is 45.6 Å². The second kappa shape index (κ2) is 10.5. The normalized spacial score (nSPS) is 26.0. The number of aromatic hydroxyl groups is 1. The largest absolute Gasteiger partial charge is 0.506 e. The molecule has 1 saturated carbocycles. The number of rotatable bonds is 4. The van der Waals surface area contributed by atoms with E-state index in [2.05, 4.69) is 29.0 Å². The highest BCUT2D eigenvalue weighted by molar-refractivity contribution is 14.0. The van der Waals surface area contributed by atoms with Crippen LogP contribution in [0, 0.1) is 5.41 Å². The third kappa shape index (κ3) is 5.43. The van der Waals surface area contributed by atoms with Crippen molar-refractivity contribution in [2.24, 2.45) is 10.4 Å². The van der Waals surface area contributed by atoms with Crippen LogP contribution in [0.5, 0.6) is 5.75 Å². The number of hydrogen-bond acceptors (Lipinski definition) is 4. The maximum atomic E-state index is 10.4. The first-order valence-electron chi connectivity index (χ1n) is 10.3. The number of aliphatic hydroxyl groups is 1. The van der Waals surface area contributed by atoms with Crippen LogP contribution in [0.25, 0.3) is 0 Å². The summed E-state index contributed by atoms with van der Waals surface area (Å²) in [5.41, 5.74) is 0.785. The number of anilines is 1. The van der Waals surface area contributed by atoms with E-state index >= 15 is 0 Å². The molecule has 2 fully saturated rings. The van der Waals surface area contributed by atoms with E-state index in [4.69, 9.17) is 4.99 Å². The van der Waals surface area contributed by atoms with Gasteiger partial charge in [-0.05, 0) is 31.9 Å². The van der Waals surface area contributed by atoms with Crippen LogP contribution in [0.4, 0.5) is 5.69 Å². The molecule has 0 spiro atoms. The molecule has 3 N–H and O–H groups in total. The lowest BCUT2D eigenvalue weighted by molar-refractivity contribution is 0.00703. The molecule has 1 aromatic rings. The van der Waals surface area contributed by atoms with E-state index in [-0.39, 0.29) is 35.5 Å². The van der Waals surface area contributed by atoms with Gasteiger partial charge in [-0.3, -0.25) is 4.99 Å². The van der Waals surface area contributed by atoms with Crippen molar-refractivity contribution >= 4 is 35.6 Å². The lowest BCUT2D eigenvalue weighted by atomic mass is 9.73. The van der Waals surface area contributed by atoms with Gasteiger partial charge in [0.15, 0.2) is 5.96 Å². The summed E-state index contributed by atoms with van der Waals surface area (Å²) in [6, 6.07) is 7.52. The summed E-state index contributed by atoms with van der Waals surface area (Å²) in [6.45, 7) is 9.17. The molecule has 7 heteroatoms. The first kappa shape index (κ1) is 23.1. The Hall–Kier alpha value is -1.22. The molecule has 1 heterocycles. The summed E-state index contributed by atoms with van der Waals surface area (Å²) < 4.78 is 0. The predicted octanol–water partition coefficient (Wildman–Crippen LogP) is 3.04. The second-order valence-corrected chi connectivity index (χ2v) is 8.05. The number of para-hydroxylation sites is 2. The van der Waals surface area contributed by atoms with E-state index in [1.54, 1.807) is 6.07 Å². The number of phenolic OH excluding ortho intramolecular Hbond substituents is 1. The van der Waals surface area contributed by atoms with E-state index in [1.165, 1.54) is 6.42 Å². The smallest absolute Gasteiger partial charge is 0.194 e.